The van der Waals surface area contributed by atoms with Crippen molar-refractivity contribution in [1.82, 2.24) is 4.90 Å². The summed E-state index contributed by atoms with van der Waals surface area (Å²) in [7, 11) is 2.02. The summed E-state index contributed by atoms with van der Waals surface area (Å²) in [4.78, 5) is 2.14. The number of hydrogen-bond donors (Lipinski definition) is 1. The third kappa shape index (κ3) is 3.78. The number of para-hydroxylation sites is 1. The molecule has 0 bridgehead atoms. The van der Waals surface area contributed by atoms with Crippen molar-refractivity contribution in [3.63, 3.8) is 0 Å². The summed E-state index contributed by atoms with van der Waals surface area (Å²) in [6.07, 6.45) is 0. The second-order valence-corrected chi connectivity index (χ2v) is 5.46. The average molecular weight is 323 g/mol. The molecule has 2 N–H and O–H groups in total. The molecule has 0 amide bonds. The quantitative estimate of drug-likeness (QED) is 0.867. The molecule has 0 aliphatic heterocycles. The minimum atomic E-state index is -0.231. The van der Waals surface area contributed by atoms with Crippen LogP contribution < -0.4 is 5.73 Å². The first-order valence-corrected chi connectivity index (χ1v) is 6.81. The molecule has 0 heterocycles. The van der Waals surface area contributed by atoms with Crippen molar-refractivity contribution in [3.05, 3.63) is 63.9 Å². The monoisotopic (exact) mass is 322 g/mol. The summed E-state index contributed by atoms with van der Waals surface area (Å²) < 4.78 is 13.8. The zero-order valence-electron chi connectivity index (χ0n) is 10.7. The molecular formula is C15H16BrFN2. The fourth-order valence-corrected chi connectivity index (χ4v) is 2.44. The maximum Gasteiger partial charge on any atom is 0.124 e. The predicted molar refractivity (Wildman–Crippen MR) is 80.1 cm³/mol. The summed E-state index contributed by atoms with van der Waals surface area (Å²) in [5.74, 6) is -0.231. The van der Waals surface area contributed by atoms with Gasteiger partial charge in [0.15, 0.2) is 0 Å². The van der Waals surface area contributed by atoms with Gasteiger partial charge in [-0.15, -0.1) is 0 Å². The largest absolute Gasteiger partial charge is 0.398 e. The van der Waals surface area contributed by atoms with E-state index in [4.69, 9.17) is 5.73 Å². The molecule has 0 atom stereocenters. The van der Waals surface area contributed by atoms with E-state index in [0.717, 1.165) is 34.4 Å². The lowest BCUT2D eigenvalue weighted by atomic mass is 10.1. The van der Waals surface area contributed by atoms with Crippen LogP contribution in [0.25, 0.3) is 0 Å². The van der Waals surface area contributed by atoms with Gasteiger partial charge in [-0.25, -0.2) is 4.39 Å². The van der Waals surface area contributed by atoms with Gasteiger partial charge in [0.1, 0.15) is 5.82 Å². The van der Waals surface area contributed by atoms with Gasteiger partial charge >= 0.3 is 0 Å². The van der Waals surface area contributed by atoms with Crippen LogP contribution in [0.2, 0.25) is 0 Å². The van der Waals surface area contributed by atoms with E-state index in [1.54, 1.807) is 6.07 Å². The fraction of sp³-hybridized carbons (Fsp3) is 0.200. The Morgan fingerprint density at radius 2 is 1.79 bits per heavy atom. The van der Waals surface area contributed by atoms with Gasteiger partial charge in [-0.3, -0.25) is 4.90 Å². The minimum absolute atomic E-state index is 0.231. The van der Waals surface area contributed by atoms with Crippen LogP contribution in [-0.2, 0) is 13.1 Å². The maximum absolute atomic E-state index is 13.0. The Morgan fingerprint density at radius 3 is 2.47 bits per heavy atom. The molecule has 0 saturated heterocycles. The Labute approximate surface area is 121 Å². The van der Waals surface area contributed by atoms with Crippen molar-refractivity contribution < 1.29 is 4.39 Å². The number of anilines is 1. The van der Waals surface area contributed by atoms with E-state index < -0.39 is 0 Å². The van der Waals surface area contributed by atoms with Crippen LogP contribution in [-0.4, -0.2) is 11.9 Å². The van der Waals surface area contributed by atoms with E-state index in [1.165, 1.54) is 12.1 Å². The van der Waals surface area contributed by atoms with Gasteiger partial charge in [0, 0.05) is 23.2 Å². The second kappa shape index (κ2) is 6.17. The van der Waals surface area contributed by atoms with Crippen molar-refractivity contribution in [3.8, 4) is 0 Å². The molecule has 100 valence electrons. The van der Waals surface area contributed by atoms with Gasteiger partial charge in [-0.1, -0.05) is 40.2 Å². The van der Waals surface area contributed by atoms with Crippen LogP contribution in [0.15, 0.2) is 46.9 Å². The van der Waals surface area contributed by atoms with Gasteiger partial charge in [0.25, 0.3) is 0 Å². The molecule has 19 heavy (non-hydrogen) atoms. The lowest BCUT2D eigenvalue weighted by molar-refractivity contribution is 0.319. The summed E-state index contributed by atoms with van der Waals surface area (Å²) in [5.41, 5.74) is 8.88. The molecule has 2 nitrogen and oxygen atoms in total. The predicted octanol–water partition coefficient (Wildman–Crippen LogP) is 3.80. The van der Waals surface area contributed by atoms with E-state index >= 15 is 0 Å². The molecule has 2 rings (SSSR count). The van der Waals surface area contributed by atoms with E-state index in [2.05, 4.69) is 20.8 Å². The van der Waals surface area contributed by atoms with Crippen molar-refractivity contribution in [2.45, 2.75) is 13.1 Å². The first kappa shape index (κ1) is 14.0. The summed E-state index contributed by atoms with van der Waals surface area (Å²) in [6, 6.07) is 12.6. The lowest BCUT2D eigenvalue weighted by Gasteiger charge is -2.18. The zero-order chi connectivity index (χ0) is 13.8. The van der Waals surface area contributed by atoms with Crippen LogP contribution in [0.5, 0.6) is 0 Å². The molecular weight excluding hydrogens is 307 g/mol. The summed E-state index contributed by atoms with van der Waals surface area (Å²) >= 11 is 3.38. The van der Waals surface area contributed by atoms with Crippen molar-refractivity contribution in [1.29, 1.82) is 0 Å². The SMILES string of the molecule is CN(Cc1ccccc1N)Cc1ccc(F)cc1Br. The second-order valence-electron chi connectivity index (χ2n) is 4.61. The van der Waals surface area contributed by atoms with Gasteiger partial charge in [0.2, 0.25) is 0 Å². The molecule has 0 fully saturated rings. The Bertz CT molecular complexity index is 572. The number of nitrogen functional groups attached to an aromatic ring is 1. The van der Waals surface area contributed by atoms with Crippen molar-refractivity contribution in [2.24, 2.45) is 0 Å². The van der Waals surface area contributed by atoms with Crippen LogP contribution in [0.4, 0.5) is 10.1 Å². The smallest absolute Gasteiger partial charge is 0.124 e. The van der Waals surface area contributed by atoms with Gasteiger partial charge in [-0.05, 0) is 36.4 Å². The van der Waals surface area contributed by atoms with Crippen molar-refractivity contribution >= 4 is 21.6 Å². The Hall–Kier alpha value is -1.39. The zero-order valence-corrected chi connectivity index (χ0v) is 12.3. The highest BCUT2D eigenvalue weighted by Crippen LogP contribution is 2.21. The number of rotatable bonds is 4. The Balaban J connectivity index is 2.05. The topological polar surface area (TPSA) is 29.3 Å². The maximum atomic E-state index is 13.0. The van der Waals surface area contributed by atoms with Gasteiger partial charge in [0.05, 0.1) is 0 Å². The molecule has 2 aromatic carbocycles. The van der Waals surface area contributed by atoms with Crippen LogP contribution >= 0.6 is 15.9 Å². The highest BCUT2D eigenvalue weighted by Gasteiger charge is 2.07. The minimum Gasteiger partial charge on any atom is -0.398 e. The standard InChI is InChI=1S/C15H16BrFN2/c1-19(10-12-4-2-3-5-15(12)18)9-11-6-7-13(17)8-14(11)16/h2-8H,9-10,18H2,1H3. The number of halogens is 2. The van der Waals surface area contributed by atoms with Gasteiger partial charge in [-0.2, -0.15) is 0 Å². The fourth-order valence-electron chi connectivity index (χ4n) is 1.97. The third-order valence-corrected chi connectivity index (χ3v) is 3.69. The summed E-state index contributed by atoms with van der Waals surface area (Å²) in [6.45, 7) is 1.49. The molecule has 2 aromatic rings. The number of nitrogens with two attached hydrogens (primary N) is 1. The Morgan fingerprint density at radius 1 is 1.11 bits per heavy atom. The molecule has 0 radical (unpaired) electrons. The summed E-state index contributed by atoms with van der Waals surface area (Å²) in [5, 5.41) is 0. The normalized spacial score (nSPS) is 10.9. The van der Waals surface area contributed by atoms with Crippen LogP contribution in [0.1, 0.15) is 11.1 Å². The number of nitrogens with zero attached hydrogens (tertiary/aromatic N) is 1. The molecule has 0 spiro atoms. The van der Waals surface area contributed by atoms with Crippen molar-refractivity contribution in [2.75, 3.05) is 12.8 Å². The molecule has 0 aliphatic rings. The molecule has 0 saturated carbocycles. The first-order chi connectivity index (χ1) is 9.06. The highest BCUT2D eigenvalue weighted by molar-refractivity contribution is 9.10. The van der Waals surface area contributed by atoms with Crippen LogP contribution in [0, 0.1) is 5.82 Å². The number of hydrogen-bond acceptors (Lipinski definition) is 2. The van der Waals surface area contributed by atoms with Crippen LogP contribution in [0.3, 0.4) is 0 Å². The average Bonchev–Trinajstić information content (AvgIpc) is 2.36. The van der Waals surface area contributed by atoms with E-state index in [-0.39, 0.29) is 5.82 Å². The third-order valence-electron chi connectivity index (χ3n) is 2.95. The lowest BCUT2D eigenvalue weighted by Crippen LogP contribution is -2.18. The van der Waals surface area contributed by atoms with E-state index in [9.17, 15) is 4.39 Å². The first-order valence-electron chi connectivity index (χ1n) is 6.02. The molecule has 0 aliphatic carbocycles. The Kier molecular flexibility index (Phi) is 4.56. The molecule has 0 aromatic heterocycles. The van der Waals surface area contributed by atoms with E-state index in [0.29, 0.717) is 0 Å². The highest BCUT2D eigenvalue weighted by atomic mass is 79.9. The number of benzene rings is 2. The van der Waals surface area contributed by atoms with Gasteiger partial charge < -0.3 is 5.73 Å². The molecule has 0 unspecified atom stereocenters. The molecule has 4 heteroatoms. The van der Waals surface area contributed by atoms with E-state index in [1.807, 2.05) is 31.3 Å².